The van der Waals surface area contributed by atoms with Crippen molar-refractivity contribution in [2.45, 2.75) is 25.9 Å². The van der Waals surface area contributed by atoms with E-state index in [9.17, 15) is 4.79 Å². The van der Waals surface area contributed by atoms with E-state index in [1.165, 1.54) is 17.6 Å². The van der Waals surface area contributed by atoms with Gasteiger partial charge in [0.05, 0.1) is 13.5 Å². The van der Waals surface area contributed by atoms with Crippen LogP contribution in [0.4, 0.5) is 0 Å². The molecule has 106 valence electrons. The van der Waals surface area contributed by atoms with Crippen molar-refractivity contribution in [2.24, 2.45) is 0 Å². The highest BCUT2D eigenvalue weighted by atomic mass is 32.1. The van der Waals surface area contributed by atoms with Crippen molar-refractivity contribution in [3.8, 4) is 0 Å². The van der Waals surface area contributed by atoms with Gasteiger partial charge < -0.3 is 10.1 Å². The maximum Gasteiger partial charge on any atom is 0.310 e. The van der Waals surface area contributed by atoms with Gasteiger partial charge >= 0.3 is 5.97 Å². The number of esters is 1. The molecule has 0 aliphatic heterocycles. The predicted molar refractivity (Wildman–Crippen MR) is 79.5 cm³/mol. The second kappa shape index (κ2) is 7.17. The fourth-order valence-electron chi connectivity index (χ4n) is 1.85. The molecule has 0 aromatic carbocycles. The normalized spacial score (nSPS) is 12.1. The fourth-order valence-corrected chi connectivity index (χ4v) is 2.80. The van der Waals surface area contributed by atoms with E-state index in [2.05, 4.69) is 28.0 Å². The minimum Gasteiger partial charge on any atom is -0.469 e. The van der Waals surface area contributed by atoms with Crippen LogP contribution in [0.25, 0.3) is 0 Å². The van der Waals surface area contributed by atoms with Gasteiger partial charge in [-0.2, -0.15) is 0 Å². The van der Waals surface area contributed by atoms with Crippen LogP contribution in [-0.2, 0) is 22.5 Å². The number of ether oxygens (including phenoxy) is 1. The Balaban J connectivity index is 1.87. The van der Waals surface area contributed by atoms with E-state index in [1.54, 1.807) is 23.7 Å². The number of hydrogen-bond donors (Lipinski definition) is 1. The van der Waals surface area contributed by atoms with Crippen LogP contribution < -0.4 is 5.32 Å². The van der Waals surface area contributed by atoms with E-state index < -0.39 is 0 Å². The summed E-state index contributed by atoms with van der Waals surface area (Å²) in [6, 6.07) is 8.32. The van der Waals surface area contributed by atoms with E-state index in [1.807, 2.05) is 18.2 Å². The Bertz CT molecular complexity index is 554. The van der Waals surface area contributed by atoms with E-state index in [0.717, 1.165) is 11.4 Å². The van der Waals surface area contributed by atoms with Crippen molar-refractivity contribution < 1.29 is 9.53 Å². The molecule has 0 spiro atoms. The fraction of sp³-hybridized carbons (Fsp3) is 0.333. The molecule has 1 N–H and O–H groups in total. The molecule has 0 bridgehead atoms. The first kappa shape index (κ1) is 14.7. The molecule has 0 aliphatic rings. The van der Waals surface area contributed by atoms with Gasteiger partial charge in [-0.15, -0.1) is 11.3 Å². The molecule has 2 rings (SSSR count). The molecule has 2 aromatic rings. The van der Waals surface area contributed by atoms with Gasteiger partial charge in [-0.3, -0.25) is 9.78 Å². The molecule has 1 atom stereocenters. The largest absolute Gasteiger partial charge is 0.469 e. The number of methoxy groups -OCH3 is 1. The highest BCUT2D eigenvalue weighted by Crippen LogP contribution is 2.19. The summed E-state index contributed by atoms with van der Waals surface area (Å²) in [7, 11) is 1.41. The van der Waals surface area contributed by atoms with Gasteiger partial charge in [0.1, 0.15) is 0 Å². The van der Waals surface area contributed by atoms with E-state index >= 15 is 0 Å². The molecule has 0 fully saturated rings. The van der Waals surface area contributed by atoms with Gasteiger partial charge in [0.25, 0.3) is 0 Å². The lowest BCUT2D eigenvalue weighted by atomic mass is 10.1. The zero-order chi connectivity index (χ0) is 14.4. The number of pyridine rings is 1. The second-order valence-electron chi connectivity index (χ2n) is 4.50. The zero-order valence-corrected chi connectivity index (χ0v) is 12.4. The molecular weight excluding hydrogens is 272 g/mol. The third-order valence-electron chi connectivity index (χ3n) is 3.05. The van der Waals surface area contributed by atoms with Gasteiger partial charge in [0.2, 0.25) is 0 Å². The first-order chi connectivity index (χ1) is 9.69. The summed E-state index contributed by atoms with van der Waals surface area (Å²) in [5.41, 5.74) is 1.21. The van der Waals surface area contributed by atoms with Crippen LogP contribution in [0.2, 0.25) is 0 Å². The minimum atomic E-state index is -0.198. The standard InChI is InChI=1S/C15H18N2O2S/c1-11(12-5-7-16-8-6-12)17-10-14-4-3-13(20-14)9-15(18)19-2/h3-8,11,17H,9-10H2,1-2H3/t11-/m0/s1. The van der Waals surface area contributed by atoms with Crippen LogP contribution in [0.1, 0.15) is 28.3 Å². The summed E-state index contributed by atoms with van der Waals surface area (Å²) < 4.78 is 4.67. The highest BCUT2D eigenvalue weighted by Gasteiger charge is 2.08. The number of carbonyl (C=O) groups is 1. The summed E-state index contributed by atoms with van der Waals surface area (Å²) in [4.78, 5) is 17.5. The number of carbonyl (C=O) groups excluding carboxylic acids is 1. The topological polar surface area (TPSA) is 51.2 Å². The Morgan fingerprint density at radius 1 is 1.30 bits per heavy atom. The summed E-state index contributed by atoms with van der Waals surface area (Å²) in [6.45, 7) is 2.91. The molecule has 2 heterocycles. The Hall–Kier alpha value is -1.72. The average molecular weight is 290 g/mol. The van der Waals surface area contributed by atoms with Crippen molar-refractivity contribution in [3.63, 3.8) is 0 Å². The summed E-state index contributed by atoms with van der Waals surface area (Å²) in [5.74, 6) is -0.198. The highest BCUT2D eigenvalue weighted by molar-refractivity contribution is 7.12. The van der Waals surface area contributed by atoms with Crippen LogP contribution in [0.5, 0.6) is 0 Å². The summed E-state index contributed by atoms with van der Waals surface area (Å²) >= 11 is 1.64. The SMILES string of the molecule is COC(=O)Cc1ccc(CN[C@@H](C)c2ccncc2)s1. The zero-order valence-electron chi connectivity index (χ0n) is 11.6. The molecule has 0 saturated heterocycles. The number of nitrogens with one attached hydrogen (secondary N) is 1. The Kier molecular flexibility index (Phi) is 5.26. The molecule has 0 radical (unpaired) electrons. The molecule has 5 heteroatoms. The summed E-state index contributed by atoms with van der Waals surface area (Å²) in [5, 5.41) is 3.46. The van der Waals surface area contributed by atoms with Crippen molar-refractivity contribution in [1.29, 1.82) is 0 Å². The predicted octanol–water partition coefficient (Wildman–Crippen LogP) is 2.71. The van der Waals surface area contributed by atoms with Crippen molar-refractivity contribution in [3.05, 3.63) is 52.0 Å². The lowest BCUT2D eigenvalue weighted by molar-refractivity contribution is -0.139. The maximum absolute atomic E-state index is 11.2. The quantitative estimate of drug-likeness (QED) is 0.831. The molecule has 20 heavy (non-hydrogen) atoms. The van der Waals surface area contributed by atoms with E-state index in [-0.39, 0.29) is 12.0 Å². The van der Waals surface area contributed by atoms with E-state index in [0.29, 0.717) is 6.42 Å². The number of nitrogens with zero attached hydrogens (tertiary/aromatic N) is 1. The molecule has 4 nitrogen and oxygen atoms in total. The van der Waals surface area contributed by atoms with Crippen LogP contribution in [0.15, 0.2) is 36.7 Å². The lowest BCUT2D eigenvalue weighted by Crippen LogP contribution is -2.17. The Morgan fingerprint density at radius 2 is 2.00 bits per heavy atom. The van der Waals surface area contributed by atoms with Gasteiger partial charge in [-0.25, -0.2) is 0 Å². The number of aromatic nitrogens is 1. The van der Waals surface area contributed by atoms with Crippen LogP contribution >= 0.6 is 11.3 Å². The van der Waals surface area contributed by atoms with Crippen LogP contribution in [0, 0.1) is 0 Å². The summed E-state index contributed by atoms with van der Waals surface area (Å²) in [6.07, 6.45) is 3.95. The van der Waals surface area contributed by atoms with Gasteiger partial charge in [-0.1, -0.05) is 0 Å². The molecule has 0 saturated carbocycles. The Morgan fingerprint density at radius 3 is 2.70 bits per heavy atom. The van der Waals surface area contributed by atoms with Gasteiger partial charge in [0, 0.05) is 34.7 Å². The number of hydrogen-bond acceptors (Lipinski definition) is 5. The van der Waals surface area contributed by atoms with Gasteiger partial charge in [-0.05, 0) is 36.8 Å². The smallest absolute Gasteiger partial charge is 0.310 e. The average Bonchev–Trinajstić information content (AvgIpc) is 2.93. The Labute approximate surface area is 122 Å². The lowest BCUT2D eigenvalue weighted by Gasteiger charge is -2.12. The molecular formula is C15H18N2O2S. The van der Waals surface area contributed by atoms with Gasteiger partial charge in [0.15, 0.2) is 0 Å². The molecule has 2 aromatic heterocycles. The van der Waals surface area contributed by atoms with Crippen LogP contribution in [-0.4, -0.2) is 18.1 Å². The number of thiophene rings is 1. The third kappa shape index (κ3) is 4.15. The first-order valence-electron chi connectivity index (χ1n) is 6.46. The van der Waals surface area contributed by atoms with Crippen molar-refractivity contribution in [2.75, 3.05) is 7.11 Å². The maximum atomic E-state index is 11.2. The number of rotatable bonds is 6. The van der Waals surface area contributed by atoms with Crippen molar-refractivity contribution >= 4 is 17.3 Å². The van der Waals surface area contributed by atoms with Crippen molar-refractivity contribution in [1.82, 2.24) is 10.3 Å². The molecule has 0 unspecified atom stereocenters. The molecule has 0 amide bonds. The second-order valence-corrected chi connectivity index (χ2v) is 5.76. The molecule has 0 aliphatic carbocycles. The van der Waals surface area contributed by atoms with Crippen LogP contribution in [0.3, 0.4) is 0 Å². The third-order valence-corrected chi connectivity index (χ3v) is 4.14. The minimum absolute atomic E-state index is 0.198. The first-order valence-corrected chi connectivity index (χ1v) is 7.28. The van der Waals surface area contributed by atoms with E-state index in [4.69, 9.17) is 0 Å². The monoisotopic (exact) mass is 290 g/mol.